The minimum absolute atomic E-state index is 0.0147. The van der Waals surface area contributed by atoms with Crippen molar-refractivity contribution in [1.29, 1.82) is 0 Å². The van der Waals surface area contributed by atoms with Gasteiger partial charge in [0.15, 0.2) is 5.78 Å². The summed E-state index contributed by atoms with van der Waals surface area (Å²) in [6.07, 6.45) is 6.68. The van der Waals surface area contributed by atoms with Crippen LogP contribution in [0, 0.1) is 24.7 Å². The molecule has 1 saturated carbocycles. The van der Waals surface area contributed by atoms with Gasteiger partial charge in [-0.1, -0.05) is 56.7 Å². The van der Waals surface area contributed by atoms with Gasteiger partial charge in [-0.3, -0.25) is 14.4 Å². The summed E-state index contributed by atoms with van der Waals surface area (Å²) >= 11 is 0. The largest absolute Gasteiger partial charge is 0.496 e. The fraction of sp³-hybridized carbons (Fsp3) is 0.452. The number of fused-ring (bicyclic) bond motifs is 1. The van der Waals surface area contributed by atoms with Crippen molar-refractivity contribution >= 4 is 22.9 Å². The lowest BCUT2D eigenvalue weighted by molar-refractivity contribution is -0.135. The van der Waals surface area contributed by atoms with Crippen molar-refractivity contribution in [2.45, 2.75) is 65.7 Å². The maximum Gasteiger partial charge on any atom is 0.229 e. The lowest BCUT2D eigenvalue weighted by atomic mass is 9.76. The second kappa shape index (κ2) is 10.3. The molecule has 0 bridgehead atoms. The minimum Gasteiger partial charge on any atom is -0.496 e. The highest BCUT2D eigenvalue weighted by molar-refractivity contribution is 6.54. The zero-order valence-electron chi connectivity index (χ0n) is 21.5. The molecule has 0 heterocycles. The molecule has 4 nitrogen and oxygen atoms in total. The molecule has 2 aromatic rings. The van der Waals surface area contributed by atoms with Gasteiger partial charge in [0.25, 0.3) is 0 Å². The van der Waals surface area contributed by atoms with Crippen LogP contribution in [-0.2, 0) is 16.0 Å². The van der Waals surface area contributed by atoms with E-state index in [1.807, 2.05) is 19.1 Å². The standard InChI is InChI=1S/C31H36O4/c1-18(2)29(32)31(34)26-14-20(4)24-17-28(35-5)27(16-25(24)26)30(33)23-12-10-22(11-13-23)15-21-8-6-19(3)7-9-21/h6-9,14,16-18,20,22-23H,10-13,15H2,1-5H3. The van der Waals surface area contributed by atoms with E-state index in [1.54, 1.807) is 27.0 Å². The number of hydrogen-bond donors (Lipinski definition) is 0. The van der Waals surface area contributed by atoms with Crippen LogP contribution in [0.4, 0.5) is 0 Å². The van der Waals surface area contributed by atoms with E-state index >= 15 is 0 Å². The van der Waals surface area contributed by atoms with Gasteiger partial charge in [0.2, 0.25) is 11.6 Å². The minimum atomic E-state index is -0.467. The monoisotopic (exact) mass is 472 g/mol. The molecule has 184 valence electrons. The average Bonchev–Trinajstić information content (AvgIpc) is 3.19. The topological polar surface area (TPSA) is 60.4 Å². The Labute approximate surface area is 208 Å². The number of allylic oxidation sites excluding steroid dienone is 2. The van der Waals surface area contributed by atoms with Gasteiger partial charge >= 0.3 is 0 Å². The van der Waals surface area contributed by atoms with Crippen molar-refractivity contribution in [3.63, 3.8) is 0 Å². The number of rotatable bonds is 8. The molecule has 0 radical (unpaired) electrons. The molecule has 1 atom stereocenters. The van der Waals surface area contributed by atoms with Crippen LogP contribution in [-0.4, -0.2) is 24.5 Å². The first-order chi connectivity index (χ1) is 16.7. The molecular formula is C31H36O4. The van der Waals surface area contributed by atoms with E-state index < -0.39 is 11.6 Å². The quantitative estimate of drug-likeness (QED) is 0.324. The number of aryl methyl sites for hydroxylation is 1. The number of hydrogen-bond acceptors (Lipinski definition) is 4. The summed E-state index contributed by atoms with van der Waals surface area (Å²) in [5.74, 6) is -0.0529. The molecule has 2 aliphatic carbocycles. The van der Waals surface area contributed by atoms with Gasteiger partial charge in [0.1, 0.15) is 5.75 Å². The van der Waals surface area contributed by atoms with E-state index in [2.05, 4.69) is 31.2 Å². The fourth-order valence-corrected chi connectivity index (χ4v) is 5.50. The maximum absolute atomic E-state index is 13.6. The van der Waals surface area contributed by atoms with Gasteiger partial charge < -0.3 is 4.74 Å². The van der Waals surface area contributed by atoms with E-state index in [4.69, 9.17) is 4.74 Å². The molecule has 0 aromatic heterocycles. The number of ketones is 3. The summed E-state index contributed by atoms with van der Waals surface area (Å²) in [5.41, 5.74) is 5.21. The highest BCUT2D eigenvalue weighted by atomic mass is 16.5. The Morgan fingerprint density at radius 1 is 1.00 bits per heavy atom. The zero-order chi connectivity index (χ0) is 25.3. The maximum atomic E-state index is 13.6. The third-order valence-electron chi connectivity index (χ3n) is 7.69. The molecule has 0 N–H and O–H groups in total. The van der Waals surface area contributed by atoms with E-state index in [0.717, 1.165) is 37.7 Å². The molecule has 4 heteroatoms. The molecular weight excluding hydrogens is 436 g/mol. The number of carbonyl (C=O) groups is 3. The number of Topliss-reactive ketones (excluding diaryl/α,β-unsaturated/α-hetero) is 3. The van der Waals surface area contributed by atoms with Crippen LogP contribution in [0.15, 0.2) is 42.5 Å². The Morgan fingerprint density at radius 2 is 1.66 bits per heavy atom. The Kier molecular flexibility index (Phi) is 7.39. The van der Waals surface area contributed by atoms with Crippen LogP contribution >= 0.6 is 0 Å². The van der Waals surface area contributed by atoms with Crippen LogP contribution in [0.2, 0.25) is 0 Å². The molecule has 4 rings (SSSR count). The first-order valence-electron chi connectivity index (χ1n) is 12.8. The van der Waals surface area contributed by atoms with Crippen molar-refractivity contribution < 1.29 is 19.1 Å². The Bertz CT molecular complexity index is 1160. The van der Waals surface area contributed by atoms with Gasteiger partial charge in [-0.15, -0.1) is 0 Å². The normalized spacial score (nSPS) is 21.4. The second-order valence-electron chi connectivity index (χ2n) is 10.6. The first-order valence-corrected chi connectivity index (χ1v) is 12.8. The molecule has 2 aromatic carbocycles. The Morgan fingerprint density at radius 3 is 2.26 bits per heavy atom. The highest BCUT2D eigenvalue weighted by Crippen LogP contribution is 2.42. The Balaban J connectivity index is 1.52. The smallest absolute Gasteiger partial charge is 0.229 e. The number of carbonyl (C=O) groups excluding carboxylic acids is 3. The van der Waals surface area contributed by atoms with Crippen LogP contribution in [0.1, 0.15) is 85.0 Å². The van der Waals surface area contributed by atoms with Gasteiger partial charge in [0, 0.05) is 23.3 Å². The van der Waals surface area contributed by atoms with Crippen LogP contribution in [0.5, 0.6) is 5.75 Å². The molecule has 0 saturated heterocycles. The summed E-state index contributed by atoms with van der Waals surface area (Å²) in [6.45, 7) is 7.57. The first kappa shape index (κ1) is 25.1. The molecule has 0 amide bonds. The fourth-order valence-electron chi connectivity index (χ4n) is 5.50. The van der Waals surface area contributed by atoms with Crippen LogP contribution < -0.4 is 4.74 Å². The zero-order valence-corrected chi connectivity index (χ0v) is 21.5. The van der Waals surface area contributed by atoms with Crippen molar-refractivity contribution in [2.75, 3.05) is 7.11 Å². The highest BCUT2D eigenvalue weighted by Gasteiger charge is 2.34. The summed E-state index contributed by atoms with van der Waals surface area (Å²) in [6, 6.07) is 12.4. The van der Waals surface area contributed by atoms with E-state index in [9.17, 15) is 14.4 Å². The lowest BCUT2D eigenvalue weighted by Crippen LogP contribution is -2.24. The number of ether oxygens (including phenoxy) is 1. The summed E-state index contributed by atoms with van der Waals surface area (Å²) in [4.78, 5) is 39.0. The number of benzene rings is 2. The molecule has 0 spiro atoms. The van der Waals surface area contributed by atoms with E-state index in [0.29, 0.717) is 28.4 Å². The molecule has 1 fully saturated rings. The van der Waals surface area contributed by atoms with E-state index in [1.165, 1.54) is 11.1 Å². The van der Waals surface area contributed by atoms with Crippen LogP contribution in [0.3, 0.4) is 0 Å². The summed E-state index contributed by atoms with van der Waals surface area (Å²) in [5, 5.41) is 0. The van der Waals surface area contributed by atoms with Gasteiger partial charge in [-0.25, -0.2) is 0 Å². The van der Waals surface area contributed by atoms with Crippen LogP contribution in [0.25, 0.3) is 5.57 Å². The van der Waals surface area contributed by atoms with Crippen molar-refractivity contribution in [3.8, 4) is 5.75 Å². The lowest BCUT2D eigenvalue weighted by Gasteiger charge is -2.28. The molecule has 1 unspecified atom stereocenters. The second-order valence-corrected chi connectivity index (χ2v) is 10.6. The SMILES string of the molecule is COc1cc2c(cc1C(=O)C1CCC(Cc3ccc(C)cc3)CC1)C(C(=O)C(=O)C(C)C)=CC2C. The average molecular weight is 473 g/mol. The molecule has 0 aliphatic heterocycles. The van der Waals surface area contributed by atoms with Crippen molar-refractivity contribution in [2.24, 2.45) is 17.8 Å². The third kappa shape index (κ3) is 5.17. The Hall–Kier alpha value is -3.01. The molecule has 35 heavy (non-hydrogen) atoms. The van der Waals surface area contributed by atoms with Gasteiger partial charge in [-0.05, 0) is 73.8 Å². The predicted molar refractivity (Wildman–Crippen MR) is 139 cm³/mol. The predicted octanol–water partition coefficient (Wildman–Crippen LogP) is 6.53. The van der Waals surface area contributed by atoms with Gasteiger partial charge in [0.05, 0.1) is 12.7 Å². The molecule has 2 aliphatic rings. The van der Waals surface area contributed by atoms with E-state index in [-0.39, 0.29) is 23.5 Å². The van der Waals surface area contributed by atoms with Crippen molar-refractivity contribution in [1.82, 2.24) is 0 Å². The number of methoxy groups -OCH3 is 1. The van der Waals surface area contributed by atoms with Gasteiger partial charge in [-0.2, -0.15) is 0 Å². The summed E-state index contributed by atoms with van der Waals surface area (Å²) < 4.78 is 5.63. The van der Waals surface area contributed by atoms with Crippen molar-refractivity contribution in [3.05, 3.63) is 70.3 Å². The third-order valence-corrected chi connectivity index (χ3v) is 7.69. The summed E-state index contributed by atoms with van der Waals surface area (Å²) in [7, 11) is 1.58.